The molecule has 1 heterocycles. The van der Waals surface area contributed by atoms with Crippen LogP contribution in [0.2, 0.25) is 10.0 Å². The van der Waals surface area contributed by atoms with Crippen LogP contribution in [0.25, 0.3) is 0 Å². The summed E-state index contributed by atoms with van der Waals surface area (Å²) < 4.78 is 6.40. The second-order valence-corrected chi connectivity index (χ2v) is 6.22. The molecule has 0 saturated heterocycles. The van der Waals surface area contributed by atoms with Gasteiger partial charge in [-0.15, -0.1) is 0 Å². The van der Waals surface area contributed by atoms with Crippen LogP contribution in [-0.2, 0) is 7.05 Å². The number of benzene rings is 1. The maximum Gasteiger partial charge on any atom is 0.271 e. The monoisotopic (exact) mass is 380 g/mol. The van der Waals surface area contributed by atoms with Crippen molar-refractivity contribution in [1.82, 2.24) is 4.57 Å². The molecule has 1 unspecified atom stereocenters. The van der Waals surface area contributed by atoms with E-state index in [-0.39, 0.29) is 27.5 Å². The van der Waals surface area contributed by atoms with Crippen LogP contribution in [0, 0.1) is 18.3 Å². The number of aromatic hydroxyl groups is 1. The summed E-state index contributed by atoms with van der Waals surface area (Å²) in [5.41, 5.74) is -0.925. The maximum absolute atomic E-state index is 12.7. The van der Waals surface area contributed by atoms with Crippen LogP contribution in [-0.4, -0.2) is 21.6 Å². The highest BCUT2D eigenvalue weighted by atomic mass is 35.5. The summed E-state index contributed by atoms with van der Waals surface area (Å²) in [5, 5.41) is 20.0. The van der Waals surface area contributed by atoms with Crippen LogP contribution in [0.15, 0.2) is 23.0 Å². The SMILES string of the molecule is Cc1c(C(=O)C(C)Oc2ccc(Cl)cc2Cl)c(O)n(C)c(=O)c1C#N. The van der Waals surface area contributed by atoms with E-state index in [2.05, 4.69) is 0 Å². The molecule has 2 aromatic rings. The minimum atomic E-state index is -1.02. The molecule has 1 aromatic heterocycles. The number of pyridine rings is 1. The normalized spacial score (nSPS) is 11.7. The zero-order valence-electron chi connectivity index (χ0n) is 13.6. The molecule has 0 bridgehead atoms. The summed E-state index contributed by atoms with van der Waals surface area (Å²) in [4.78, 5) is 24.7. The number of nitriles is 1. The lowest BCUT2D eigenvalue weighted by atomic mass is 9.99. The topological polar surface area (TPSA) is 92.3 Å². The number of aromatic nitrogens is 1. The molecular weight excluding hydrogens is 367 g/mol. The van der Waals surface area contributed by atoms with Crippen LogP contribution in [0.3, 0.4) is 0 Å². The fourth-order valence-electron chi connectivity index (χ4n) is 2.33. The van der Waals surface area contributed by atoms with Crippen molar-refractivity contribution in [3.8, 4) is 17.7 Å². The largest absolute Gasteiger partial charge is 0.494 e. The third-order valence-corrected chi connectivity index (χ3v) is 4.27. The van der Waals surface area contributed by atoms with Crippen molar-refractivity contribution >= 4 is 29.0 Å². The first-order valence-corrected chi connectivity index (χ1v) is 7.93. The van der Waals surface area contributed by atoms with Crippen molar-refractivity contribution in [1.29, 1.82) is 5.26 Å². The number of hydrogen-bond acceptors (Lipinski definition) is 5. The van der Waals surface area contributed by atoms with E-state index in [1.54, 1.807) is 12.1 Å². The van der Waals surface area contributed by atoms with Gasteiger partial charge in [0.15, 0.2) is 6.10 Å². The van der Waals surface area contributed by atoms with Crippen LogP contribution >= 0.6 is 23.2 Å². The van der Waals surface area contributed by atoms with Gasteiger partial charge in [0.1, 0.15) is 17.4 Å². The minimum Gasteiger partial charge on any atom is -0.494 e. The van der Waals surface area contributed by atoms with Gasteiger partial charge < -0.3 is 9.84 Å². The van der Waals surface area contributed by atoms with E-state index in [0.29, 0.717) is 5.02 Å². The molecule has 0 aliphatic rings. The van der Waals surface area contributed by atoms with Crippen molar-refractivity contribution in [2.75, 3.05) is 0 Å². The fourth-order valence-corrected chi connectivity index (χ4v) is 2.78. The van der Waals surface area contributed by atoms with Crippen molar-refractivity contribution in [2.24, 2.45) is 7.05 Å². The Labute approximate surface area is 153 Å². The Balaban J connectivity index is 2.45. The zero-order valence-corrected chi connectivity index (χ0v) is 15.1. The highest BCUT2D eigenvalue weighted by Gasteiger charge is 2.27. The predicted octanol–water partition coefficient (Wildman–Crippen LogP) is 3.23. The van der Waals surface area contributed by atoms with Crippen molar-refractivity contribution in [3.05, 3.63) is 55.3 Å². The lowest BCUT2D eigenvalue weighted by Gasteiger charge is -2.18. The number of hydrogen-bond donors (Lipinski definition) is 1. The quantitative estimate of drug-likeness (QED) is 0.821. The standard InChI is InChI=1S/C17H14Cl2N2O4/c1-8-11(7-20)16(23)21(3)17(24)14(8)15(22)9(2)25-13-5-4-10(18)6-12(13)19/h4-6,9,24H,1-3H3. The summed E-state index contributed by atoms with van der Waals surface area (Å²) >= 11 is 11.8. The third kappa shape index (κ3) is 3.48. The summed E-state index contributed by atoms with van der Waals surface area (Å²) in [6, 6.07) is 6.30. The molecule has 0 spiro atoms. The van der Waals surface area contributed by atoms with Gasteiger partial charge in [-0.05, 0) is 37.6 Å². The van der Waals surface area contributed by atoms with E-state index in [4.69, 9.17) is 33.2 Å². The Morgan fingerprint density at radius 2 is 2.04 bits per heavy atom. The lowest BCUT2D eigenvalue weighted by Crippen LogP contribution is -2.29. The number of nitrogens with zero attached hydrogens (tertiary/aromatic N) is 2. The molecule has 8 heteroatoms. The van der Waals surface area contributed by atoms with Crippen LogP contribution in [0.5, 0.6) is 11.6 Å². The van der Waals surface area contributed by atoms with Crippen LogP contribution < -0.4 is 10.3 Å². The van der Waals surface area contributed by atoms with Gasteiger partial charge in [-0.3, -0.25) is 14.2 Å². The summed E-state index contributed by atoms with van der Waals surface area (Å²) in [5.74, 6) is -0.869. The molecule has 0 amide bonds. The molecule has 0 radical (unpaired) electrons. The van der Waals surface area contributed by atoms with E-state index in [0.717, 1.165) is 4.57 Å². The van der Waals surface area contributed by atoms with Gasteiger partial charge in [0.25, 0.3) is 5.56 Å². The van der Waals surface area contributed by atoms with Gasteiger partial charge in [0.2, 0.25) is 11.7 Å². The molecule has 0 aliphatic heterocycles. The van der Waals surface area contributed by atoms with Gasteiger partial charge in [-0.2, -0.15) is 5.26 Å². The number of rotatable bonds is 4. The molecule has 1 N–H and O–H groups in total. The second-order valence-electron chi connectivity index (χ2n) is 5.37. The van der Waals surface area contributed by atoms with E-state index in [1.165, 1.54) is 33.0 Å². The van der Waals surface area contributed by atoms with Crippen molar-refractivity contribution in [2.45, 2.75) is 20.0 Å². The highest BCUT2D eigenvalue weighted by molar-refractivity contribution is 6.35. The number of carbonyl (C=O) groups is 1. The van der Waals surface area contributed by atoms with Gasteiger partial charge in [0, 0.05) is 12.1 Å². The molecule has 130 valence electrons. The van der Waals surface area contributed by atoms with Gasteiger partial charge in [-0.25, -0.2) is 0 Å². The zero-order chi connectivity index (χ0) is 18.9. The van der Waals surface area contributed by atoms with E-state index < -0.39 is 23.3 Å². The molecule has 0 fully saturated rings. The van der Waals surface area contributed by atoms with Crippen molar-refractivity contribution < 1.29 is 14.6 Å². The lowest BCUT2D eigenvalue weighted by molar-refractivity contribution is 0.0813. The molecule has 6 nitrogen and oxygen atoms in total. The second kappa shape index (κ2) is 7.18. The number of Topliss-reactive ketones (excluding diaryl/α,β-unsaturated/α-hetero) is 1. The number of ether oxygens (including phenoxy) is 1. The number of halogens is 2. The van der Waals surface area contributed by atoms with Gasteiger partial charge >= 0.3 is 0 Å². The maximum atomic E-state index is 12.7. The molecule has 2 rings (SSSR count). The molecule has 1 atom stereocenters. The molecule has 1 aromatic carbocycles. The predicted molar refractivity (Wildman–Crippen MR) is 93.7 cm³/mol. The average Bonchev–Trinajstić information content (AvgIpc) is 2.56. The Hall–Kier alpha value is -2.49. The van der Waals surface area contributed by atoms with Gasteiger partial charge in [-0.1, -0.05) is 23.2 Å². The average molecular weight is 381 g/mol. The van der Waals surface area contributed by atoms with Gasteiger partial charge in [0.05, 0.1) is 10.6 Å². The molecule has 0 saturated carbocycles. The highest BCUT2D eigenvalue weighted by Crippen LogP contribution is 2.30. The summed E-state index contributed by atoms with van der Waals surface area (Å²) in [7, 11) is 1.27. The summed E-state index contributed by atoms with van der Waals surface area (Å²) in [6.45, 7) is 2.90. The minimum absolute atomic E-state index is 0.103. The summed E-state index contributed by atoms with van der Waals surface area (Å²) in [6.07, 6.45) is -1.02. The fraction of sp³-hybridized carbons (Fsp3) is 0.235. The first-order valence-electron chi connectivity index (χ1n) is 7.17. The molecule has 25 heavy (non-hydrogen) atoms. The Bertz CT molecular complexity index is 961. The number of carbonyl (C=O) groups excluding carboxylic acids is 1. The first kappa shape index (κ1) is 18.8. The van der Waals surface area contributed by atoms with Crippen LogP contribution in [0.4, 0.5) is 0 Å². The Morgan fingerprint density at radius 1 is 1.40 bits per heavy atom. The molecule has 0 aliphatic carbocycles. The van der Waals surface area contributed by atoms with Crippen molar-refractivity contribution in [3.63, 3.8) is 0 Å². The number of ketones is 1. The third-order valence-electron chi connectivity index (χ3n) is 3.73. The van der Waals surface area contributed by atoms with Crippen LogP contribution in [0.1, 0.15) is 28.4 Å². The first-order chi connectivity index (χ1) is 11.7. The van der Waals surface area contributed by atoms with E-state index in [9.17, 15) is 14.7 Å². The Kier molecular flexibility index (Phi) is 5.41. The van der Waals surface area contributed by atoms with E-state index >= 15 is 0 Å². The van der Waals surface area contributed by atoms with E-state index in [1.807, 2.05) is 0 Å². The smallest absolute Gasteiger partial charge is 0.271 e. The Morgan fingerprint density at radius 3 is 2.60 bits per heavy atom. The molecular formula is C17H14Cl2N2O4.